The van der Waals surface area contributed by atoms with Crippen LogP contribution in [-0.4, -0.2) is 10.2 Å². The average Bonchev–Trinajstić information content (AvgIpc) is 1.87. The summed E-state index contributed by atoms with van der Waals surface area (Å²) in [6, 6.07) is 0. The van der Waals surface area contributed by atoms with Gasteiger partial charge in [0.2, 0.25) is 0 Å². The molecule has 0 fully saturated rings. The molecule has 0 aromatic carbocycles. The molecule has 0 bridgehead atoms. The molecule has 1 rings (SSSR count). The van der Waals surface area contributed by atoms with Crippen molar-refractivity contribution in [2.24, 2.45) is 0 Å². The molecule has 8 heavy (non-hydrogen) atoms. The van der Waals surface area contributed by atoms with Crippen LogP contribution in [-0.2, 0) is 0 Å². The monoisotopic (exact) mass is 190 g/mol. The molecule has 0 aliphatic rings. The van der Waals surface area contributed by atoms with Crippen molar-refractivity contribution in [2.45, 2.75) is 0 Å². The van der Waals surface area contributed by atoms with Crippen molar-refractivity contribution < 1.29 is 52.8 Å². The van der Waals surface area contributed by atoms with Gasteiger partial charge in [0.05, 0.1) is 0 Å². The first kappa shape index (κ1) is 9.64. The first-order chi connectivity index (χ1) is 3.29. The van der Waals surface area contributed by atoms with E-state index in [-0.39, 0.29) is 52.8 Å². The van der Waals surface area contributed by atoms with E-state index >= 15 is 0 Å². The molecule has 0 saturated heterocycles. The number of aromatic nitrogens is 2. The summed E-state index contributed by atoms with van der Waals surface area (Å²) in [5, 5.41) is 5.34. The Morgan fingerprint density at radius 1 is 1.25 bits per heavy atom. The fraction of sp³-hybridized carbons (Fsp3) is 0. The van der Waals surface area contributed by atoms with E-state index in [1.54, 1.807) is 0 Å². The molecular weight excluding hydrogens is 187 g/mol. The summed E-state index contributed by atoms with van der Waals surface area (Å²) in [5.41, 5.74) is 0. The molecule has 1 heterocycles. The third kappa shape index (κ3) is 2.97. The smallest absolute Gasteiger partial charge is 1.00 e. The molecule has 2 N–H and O–H groups in total. The van der Waals surface area contributed by atoms with Crippen LogP contribution < -0.4 is 51.4 Å². The Labute approximate surface area is 105 Å². The van der Waals surface area contributed by atoms with Gasteiger partial charge in [-0.25, -0.2) is 0 Å². The predicted octanol–water partition coefficient (Wildman–Crippen LogP) is -1.02. The quantitative estimate of drug-likeness (QED) is 0.405. The Morgan fingerprint density at radius 3 is 1.75 bits per heavy atom. The van der Waals surface area contributed by atoms with Crippen molar-refractivity contribution in [3.8, 4) is 0 Å². The van der Waals surface area contributed by atoms with E-state index in [9.17, 15) is 0 Å². The Bertz CT molecular complexity index is 224. The molecule has 1 aromatic rings. The van der Waals surface area contributed by atoms with Gasteiger partial charge in [-0.05, 0) is 24.4 Å². The van der Waals surface area contributed by atoms with Gasteiger partial charge < -0.3 is 1.43 Å². The third-order valence-electron chi connectivity index (χ3n) is 0.452. The van der Waals surface area contributed by atoms with Gasteiger partial charge in [-0.15, -0.1) is 0 Å². The molecule has 0 spiro atoms. The van der Waals surface area contributed by atoms with Crippen LogP contribution in [0.15, 0.2) is 0 Å². The Kier molecular flexibility index (Phi) is 5.36. The fourth-order valence-corrected chi connectivity index (χ4v) is 1.37. The van der Waals surface area contributed by atoms with Crippen LogP contribution in [0.2, 0.25) is 0 Å². The summed E-state index contributed by atoms with van der Waals surface area (Å²) in [6.07, 6.45) is 0. The van der Waals surface area contributed by atoms with Crippen molar-refractivity contribution in [1.82, 2.24) is 10.2 Å². The SMILES string of the molecule is S=c1[nH][nH]c(=S)s1.[H-].[K+]. The average molecular weight is 190 g/mol. The second-order valence-corrected chi connectivity index (χ2v) is 3.28. The van der Waals surface area contributed by atoms with E-state index in [2.05, 4.69) is 10.2 Å². The number of rotatable bonds is 0. The third-order valence-corrected chi connectivity index (χ3v) is 1.73. The first-order valence-corrected chi connectivity index (χ1v) is 3.20. The fourth-order valence-electron chi connectivity index (χ4n) is 0.237. The zero-order valence-corrected chi connectivity index (χ0v) is 9.80. The summed E-state index contributed by atoms with van der Waals surface area (Å²) in [4.78, 5) is 0. The zero-order chi connectivity index (χ0) is 5.28. The standard InChI is InChI=1S/C2H2N2S3.K.H/c5-1-3-4-2(6)7-1;;/h(H,3,5)(H,4,6);;/q;+1;-1. The van der Waals surface area contributed by atoms with E-state index in [0.29, 0.717) is 7.91 Å². The molecule has 2 nitrogen and oxygen atoms in total. The van der Waals surface area contributed by atoms with Crippen molar-refractivity contribution in [3.63, 3.8) is 0 Å². The Balaban J connectivity index is 0. The van der Waals surface area contributed by atoms with Crippen LogP contribution in [0.3, 0.4) is 0 Å². The molecule has 0 radical (unpaired) electrons. The maximum absolute atomic E-state index is 4.70. The van der Waals surface area contributed by atoms with Gasteiger partial charge in [0, 0.05) is 0 Å². The number of aromatic amines is 2. The minimum absolute atomic E-state index is 0. The van der Waals surface area contributed by atoms with E-state index in [0.717, 1.165) is 0 Å². The second-order valence-electron chi connectivity index (χ2n) is 0.927. The van der Waals surface area contributed by atoms with Crippen molar-refractivity contribution in [1.29, 1.82) is 0 Å². The molecule has 0 aliphatic carbocycles. The van der Waals surface area contributed by atoms with Crippen LogP contribution in [0.5, 0.6) is 0 Å². The molecule has 0 atom stereocenters. The largest absolute Gasteiger partial charge is 1.00 e. The summed E-state index contributed by atoms with van der Waals surface area (Å²) >= 11 is 10.8. The minimum atomic E-state index is 0. The molecule has 40 valence electrons. The van der Waals surface area contributed by atoms with Gasteiger partial charge >= 0.3 is 51.4 Å². The predicted molar refractivity (Wildman–Crippen MR) is 35.8 cm³/mol. The van der Waals surface area contributed by atoms with Crippen LogP contribution in [0.4, 0.5) is 0 Å². The maximum Gasteiger partial charge on any atom is 1.00 e. The molecule has 0 amide bonds. The summed E-state index contributed by atoms with van der Waals surface area (Å²) in [7, 11) is 0. The summed E-state index contributed by atoms with van der Waals surface area (Å²) < 4.78 is 1.40. The van der Waals surface area contributed by atoms with Gasteiger partial charge in [0.1, 0.15) is 0 Å². The second kappa shape index (κ2) is 4.45. The van der Waals surface area contributed by atoms with Crippen molar-refractivity contribution in [3.05, 3.63) is 7.91 Å². The maximum atomic E-state index is 4.70. The van der Waals surface area contributed by atoms with E-state index < -0.39 is 0 Å². The molecule has 1 aromatic heterocycles. The normalized spacial score (nSPS) is 8.00. The molecule has 6 heteroatoms. The zero-order valence-electron chi connectivity index (χ0n) is 5.22. The van der Waals surface area contributed by atoms with Crippen LogP contribution in [0.1, 0.15) is 1.43 Å². The Morgan fingerprint density at radius 2 is 1.62 bits per heavy atom. The van der Waals surface area contributed by atoms with Crippen LogP contribution >= 0.6 is 35.8 Å². The number of hydrogen-bond donors (Lipinski definition) is 2. The topological polar surface area (TPSA) is 31.6 Å². The summed E-state index contributed by atoms with van der Waals surface area (Å²) in [6.45, 7) is 0. The van der Waals surface area contributed by atoms with Gasteiger partial charge in [-0.2, -0.15) is 0 Å². The minimum Gasteiger partial charge on any atom is -1.00 e. The number of nitrogens with one attached hydrogen (secondary N) is 2. The van der Waals surface area contributed by atoms with Crippen LogP contribution in [0, 0.1) is 7.91 Å². The molecule has 0 unspecified atom stereocenters. The van der Waals surface area contributed by atoms with E-state index in [4.69, 9.17) is 24.4 Å². The molecule has 0 aliphatic heterocycles. The van der Waals surface area contributed by atoms with Crippen molar-refractivity contribution >= 4 is 35.8 Å². The molecule has 0 saturated carbocycles. The first-order valence-electron chi connectivity index (χ1n) is 1.57. The van der Waals surface area contributed by atoms with Gasteiger partial charge in [0.15, 0.2) is 7.91 Å². The van der Waals surface area contributed by atoms with Crippen LogP contribution in [0.25, 0.3) is 0 Å². The van der Waals surface area contributed by atoms with Crippen molar-refractivity contribution in [2.75, 3.05) is 0 Å². The van der Waals surface area contributed by atoms with E-state index in [1.807, 2.05) is 0 Å². The van der Waals surface area contributed by atoms with Gasteiger partial charge in [0.25, 0.3) is 0 Å². The van der Waals surface area contributed by atoms with E-state index in [1.165, 1.54) is 11.3 Å². The number of hydrogen-bond acceptors (Lipinski definition) is 3. The number of H-pyrrole nitrogens is 2. The van der Waals surface area contributed by atoms with Gasteiger partial charge in [-0.1, -0.05) is 11.3 Å². The summed E-state index contributed by atoms with van der Waals surface area (Å²) in [5.74, 6) is 0. The Hall–Kier alpha value is 1.64. The molecular formula is C2H3KN2S3. The van der Waals surface area contributed by atoms with Gasteiger partial charge in [-0.3, -0.25) is 10.2 Å².